The summed E-state index contributed by atoms with van der Waals surface area (Å²) in [6.45, 7) is 0. The van der Waals surface area contributed by atoms with Gasteiger partial charge in [0.05, 0.1) is 0 Å². The van der Waals surface area contributed by atoms with E-state index in [9.17, 15) is 0 Å². The molecule has 0 spiro atoms. The summed E-state index contributed by atoms with van der Waals surface area (Å²) in [4.78, 5) is 0. The van der Waals surface area contributed by atoms with Crippen LogP contribution in [0.15, 0.2) is 0 Å². The molecule has 80 valence electrons. The van der Waals surface area contributed by atoms with Gasteiger partial charge in [-0.25, -0.2) is 5.48 Å². The number of hydrogen-bond donors (Lipinski definition) is 4. The summed E-state index contributed by atoms with van der Waals surface area (Å²) in [6, 6.07) is 0.392. The van der Waals surface area contributed by atoms with Gasteiger partial charge in [-0.2, -0.15) is 0 Å². The fourth-order valence-corrected chi connectivity index (χ4v) is 1.23. The number of nitrogens with one attached hydrogen (secondary N) is 1. The minimum absolute atomic E-state index is 0.392. The van der Waals surface area contributed by atoms with Crippen LogP contribution in [0.2, 0.25) is 0 Å². The molecule has 0 aromatic heterocycles. The van der Waals surface area contributed by atoms with Crippen molar-refractivity contribution < 1.29 is 34.7 Å². The Morgan fingerprint density at radius 1 is 1.08 bits per heavy atom. The van der Waals surface area contributed by atoms with Crippen LogP contribution in [0.5, 0.6) is 0 Å². The zero-order chi connectivity index (χ0) is 10.3. The molecule has 0 aromatic rings. The van der Waals surface area contributed by atoms with Crippen molar-refractivity contribution in [3.8, 4) is 0 Å². The fourth-order valence-electron chi connectivity index (χ4n) is 1.23. The van der Waals surface area contributed by atoms with Gasteiger partial charge in [-0.3, -0.25) is 0 Å². The van der Waals surface area contributed by atoms with Crippen LogP contribution in [0.1, 0.15) is 32.1 Å². The third-order valence-electron chi connectivity index (χ3n) is 1.79. The molecule has 0 saturated heterocycles. The van der Waals surface area contributed by atoms with Crippen LogP contribution in [-0.4, -0.2) is 19.6 Å². The Kier molecular flexibility index (Phi) is 6.42. The third kappa shape index (κ3) is 12.0. The van der Waals surface area contributed by atoms with Crippen LogP contribution in [0.3, 0.4) is 0 Å². The Hall–Kier alpha value is -0.0275. The van der Waals surface area contributed by atoms with Gasteiger partial charge in [0.2, 0.25) is 0 Å². The SMILES string of the molecule is ONC1CCCCC1.[O]=[Cr](=[O])([OH])[OH]. The van der Waals surface area contributed by atoms with Crippen LogP contribution >= 0.6 is 0 Å². The van der Waals surface area contributed by atoms with Crippen LogP contribution in [0.25, 0.3) is 0 Å². The molecule has 1 aliphatic rings. The molecule has 1 rings (SSSR count). The first kappa shape index (κ1) is 13.0. The van der Waals surface area contributed by atoms with Gasteiger partial charge < -0.3 is 5.21 Å². The van der Waals surface area contributed by atoms with Gasteiger partial charge in [0.25, 0.3) is 0 Å². The molecular weight excluding hydrogens is 218 g/mol. The van der Waals surface area contributed by atoms with Crippen molar-refractivity contribution >= 4 is 0 Å². The summed E-state index contributed by atoms with van der Waals surface area (Å²) in [5.41, 5.74) is 2.30. The van der Waals surface area contributed by atoms with E-state index in [-0.39, 0.29) is 0 Å². The van der Waals surface area contributed by atoms with E-state index in [0.717, 1.165) is 12.8 Å². The number of rotatable bonds is 1. The van der Waals surface area contributed by atoms with E-state index in [1.165, 1.54) is 19.3 Å². The van der Waals surface area contributed by atoms with E-state index >= 15 is 0 Å². The van der Waals surface area contributed by atoms with E-state index in [0.29, 0.717) is 6.04 Å². The molecule has 1 saturated carbocycles. The minimum atomic E-state index is -5.25. The Morgan fingerprint density at radius 2 is 1.46 bits per heavy atom. The van der Waals surface area contributed by atoms with Crippen molar-refractivity contribution in [1.82, 2.24) is 5.48 Å². The Labute approximate surface area is 78.9 Å². The quantitative estimate of drug-likeness (QED) is 0.473. The molecule has 0 amide bonds. The van der Waals surface area contributed by atoms with Gasteiger partial charge in [-0.1, -0.05) is 19.3 Å². The molecular formula is C6H15CrNO5. The maximum atomic E-state index is 8.82. The van der Waals surface area contributed by atoms with E-state index in [2.05, 4.69) is 5.48 Å². The topological polar surface area (TPSA) is 107 Å². The fraction of sp³-hybridized carbons (Fsp3) is 1.00. The predicted molar refractivity (Wildman–Crippen MR) is 37.6 cm³/mol. The molecule has 7 heteroatoms. The Bertz CT molecular complexity index is 201. The van der Waals surface area contributed by atoms with Crippen LogP contribution < -0.4 is 5.48 Å². The van der Waals surface area contributed by atoms with Crippen molar-refractivity contribution in [3.05, 3.63) is 0 Å². The molecule has 0 bridgehead atoms. The molecule has 0 atom stereocenters. The van der Waals surface area contributed by atoms with Crippen molar-refractivity contribution in [2.45, 2.75) is 38.1 Å². The first-order valence-corrected chi connectivity index (χ1v) is 6.21. The van der Waals surface area contributed by atoms with E-state index < -0.39 is 13.6 Å². The van der Waals surface area contributed by atoms with Crippen molar-refractivity contribution in [2.75, 3.05) is 0 Å². The second kappa shape index (κ2) is 6.43. The average Bonchev–Trinajstić information content (AvgIpc) is 2.03. The first-order valence-electron chi connectivity index (χ1n) is 4.03. The number of hydrogen-bond acceptors (Lipinski definition) is 4. The van der Waals surface area contributed by atoms with Gasteiger partial charge in [-0.05, 0) is 12.8 Å². The van der Waals surface area contributed by atoms with Gasteiger partial charge in [0, 0.05) is 6.04 Å². The molecule has 0 unspecified atom stereocenters. The molecule has 6 nitrogen and oxygen atoms in total. The zero-order valence-electron chi connectivity index (χ0n) is 7.18. The van der Waals surface area contributed by atoms with E-state index in [1.54, 1.807) is 0 Å². The second-order valence-electron chi connectivity index (χ2n) is 2.91. The summed E-state index contributed by atoms with van der Waals surface area (Å²) < 4.78 is 31.9. The molecule has 13 heavy (non-hydrogen) atoms. The van der Waals surface area contributed by atoms with Crippen molar-refractivity contribution in [1.29, 1.82) is 0 Å². The van der Waals surface area contributed by atoms with Crippen molar-refractivity contribution in [3.63, 3.8) is 0 Å². The second-order valence-corrected chi connectivity index (χ2v) is 4.31. The molecule has 1 fully saturated rings. The molecule has 0 aromatic carbocycles. The maximum absolute atomic E-state index is 8.82. The number of hydroxylamine groups is 1. The third-order valence-corrected chi connectivity index (χ3v) is 1.79. The van der Waals surface area contributed by atoms with Crippen LogP contribution in [0, 0.1) is 0 Å². The van der Waals surface area contributed by atoms with Gasteiger partial charge >= 0.3 is 29.5 Å². The van der Waals surface area contributed by atoms with Crippen LogP contribution in [-0.2, 0) is 21.2 Å². The summed E-state index contributed by atoms with van der Waals surface area (Å²) >= 11 is -5.25. The summed E-state index contributed by atoms with van der Waals surface area (Å²) in [5, 5.41) is 8.44. The summed E-state index contributed by atoms with van der Waals surface area (Å²) in [7, 11) is 0. The van der Waals surface area contributed by atoms with E-state index in [4.69, 9.17) is 21.1 Å². The molecule has 0 aliphatic heterocycles. The van der Waals surface area contributed by atoms with E-state index in [1.807, 2.05) is 0 Å². The standard InChI is InChI=1S/C6H13NO.Cr.2H2O.2O/c8-7-6-4-2-1-3-5-6;;;;;/h6-8H,1-5H2;;2*1H2;;/q;+2;;;;/p-2. The molecule has 0 radical (unpaired) electrons. The van der Waals surface area contributed by atoms with Gasteiger partial charge in [0.1, 0.15) is 0 Å². The Morgan fingerprint density at radius 3 is 1.69 bits per heavy atom. The average molecular weight is 233 g/mol. The van der Waals surface area contributed by atoms with Gasteiger partial charge in [0.15, 0.2) is 0 Å². The Balaban J connectivity index is 0.000000252. The first-order chi connectivity index (χ1) is 5.93. The molecule has 4 N–H and O–H groups in total. The zero-order valence-corrected chi connectivity index (χ0v) is 8.45. The monoisotopic (exact) mass is 233 g/mol. The van der Waals surface area contributed by atoms with Crippen LogP contribution in [0.4, 0.5) is 0 Å². The van der Waals surface area contributed by atoms with Gasteiger partial charge in [-0.15, -0.1) is 0 Å². The van der Waals surface area contributed by atoms with Crippen molar-refractivity contribution in [2.24, 2.45) is 0 Å². The summed E-state index contributed by atoms with van der Waals surface area (Å²) in [5.74, 6) is 0. The normalized spacial score (nSPS) is 19.0. The molecule has 1 aliphatic carbocycles. The summed E-state index contributed by atoms with van der Waals surface area (Å²) in [6.07, 6.45) is 6.20. The molecule has 0 heterocycles. The predicted octanol–water partition coefficient (Wildman–Crippen LogP) is -0.0562.